The molecule has 0 aliphatic carbocycles. The van der Waals surface area contributed by atoms with Crippen molar-refractivity contribution in [3.05, 3.63) is 101 Å². The van der Waals surface area contributed by atoms with Crippen LogP contribution in [0.15, 0.2) is 91.1 Å². The Morgan fingerprint density at radius 1 is 0.647 bits per heavy atom. The van der Waals surface area contributed by atoms with Crippen LogP contribution >= 0.6 is 23.2 Å². The Labute approximate surface area is 207 Å². The lowest BCUT2D eigenvalue weighted by atomic mass is 10.1. The van der Waals surface area contributed by atoms with E-state index in [-0.39, 0.29) is 0 Å². The summed E-state index contributed by atoms with van der Waals surface area (Å²) in [5, 5.41) is 9.21. The van der Waals surface area contributed by atoms with Gasteiger partial charge in [0.05, 0.1) is 16.9 Å². The molecule has 0 saturated carbocycles. The van der Waals surface area contributed by atoms with Gasteiger partial charge in [-0.2, -0.15) is 0 Å². The third-order valence-electron chi connectivity index (χ3n) is 5.36. The van der Waals surface area contributed by atoms with Gasteiger partial charge in [-0.05, 0) is 42.5 Å². The van der Waals surface area contributed by atoms with Crippen molar-refractivity contribution in [2.45, 2.75) is 0 Å². The molecule has 168 valence electrons. The van der Waals surface area contributed by atoms with Crippen molar-refractivity contribution in [1.29, 1.82) is 0 Å². The van der Waals surface area contributed by atoms with Crippen LogP contribution < -0.4 is 10.6 Å². The zero-order valence-corrected chi connectivity index (χ0v) is 19.7. The van der Waals surface area contributed by atoms with Crippen LogP contribution in [0.25, 0.3) is 33.4 Å². The number of rotatable bonds is 7. The van der Waals surface area contributed by atoms with E-state index in [0.717, 1.165) is 39.1 Å². The molecule has 2 aromatic heterocycles. The van der Waals surface area contributed by atoms with Gasteiger partial charge in [-0.1, -0.05) is 65.7 Å². The zero-order chi connectivity index (χ0) is 23.3. The van der Waals surface area contributed by atoms with E-state index in [1.54, 1.807) is 6.20 Å². The highest BCUT2D eigenvalue weighted by molar-refractivity contribution is 6.31. The summed E-state index contributed by atoms with van der Waals surface area (Å²) in [4.78, 5) is 13.9. The van der Waals surface area contributed by atoms with Crippen LogP contribution in [0.5, 0.6) is 0 Å². The number of aromatic nitrogens is 3. The van der Waals surface area contributed by atoms with Crippen LogP contribution in [0.3, 0.4) is 0 Å². The molecule has 5 rings (SSSR count). The first-order valence-electron chi connectivity index (χ1n) is 10.9. The number of hydrogen-bond donors (Lipinski definition) is 2. The molecule has 0 amide bonds. The Balaban J connectivity index is 1.35. The largest absolute Gasteiger partial charge is 0.383 e. The topological polar surface area (TPSA) is 62.7 Å². The Morgan fingerprint density at radius 3 is 2.09 bits per heavy atom. The lowest BCUT2D eigenvalue weighted by Crippen LogP contribution is -2.15. The molecule has 0 bridgehead atoms. The lowest BCUT2D eigenvalue weighted by molar-refractivity contribution is 1.03. The van der Waals surface area contributed by atoms with E-state index in [4.69, 9.17) is 33.2 Å². The van der Waals surface area contributed by atoms with Crippen molar-refractivity contribution < 1.29 is 0 Å². The van der Waals surface area contributed by atoms with Crippen molar-refractivity contribution in [3.8, 4) is 22.5 Å². The number of benzene rings is 3. The lowest BCUT2D eigenvalue weighted by Gasteiger charge is -2.12. The van der Waals surface area contributed by atoms with Crippen LogP contribution in [-0.4, -0.2) is 28.0 Å². The van der Waals surface area contributed by atoms with E-state index in [1.807, 2.05) is 84.9 Å². The smallest absolute Gasteiger partial charge is 0.223 e. The average molecular weight is 486 g/mol. The van der Waals surface area contributed by atoms with E-state index in [1.165, 1.54) is 0 Å². The molecule has 0 saturated heterocycles. The Kier molecular flexibility index (Phi) is 6.56. The van der Waals surface area contributed by atoms with Crippen LogP contribution in [0.4, 0.5) is 11.6 Å². The van der Waals surface area contributed by atoms with E-state index in [2.05, 4.69) is 15.6 Å². The van der Waals surface area contributed by atoms with Crippen LogP contribution in [-0.2, 0) is 0 Å². The second kappa shape index (κ2) is 10.1. The standard InChI is InChI=1S/C27H21Cl2N5/c28-20-8-6-19(7-9-20)25-17-24(18-4-2-1-3-5-18)33-27(34-25)32-15-14-31-23-12-13-30-26-16-21(29)10-11-22(23)26/h1-13,16-17H,14-15H2,(H,30,31)(H,32,33,34). The van der Waals surface area contributed by atoms with Crippen molar-refractivity contribution in [1.82, 2.24) is 15.0 Å². The normalized spacial score (nSPS) is 10.9. The number of nitrogens with one attached hydrogen (secondary N) is 2. The first-order valence-corrected chi connectivity index (χ1v) is 11.6. The van der Waals surface area contributed by atoms with Crippen LogP contribution in [0, 0.1) is 0 Å². The molecule has 0 fully saturated rings. The quantitative estimate of drug-likeness (QED) is 0.239. The summed E-state index contributed by atoms with van der Waals surface area (Å²) in [6.45, 7) is 1.31. The minimum atomic E-state index is 0.569. The van der Waals surface area contributed by atoms with Gasteiger partial charge in [-0.15, -0.1) is 0 Å². The fourth-order valence-electron chi connectivity index (χ4n) is 3.70. The predicted molar refractivity (Wildman–Crippen MR) is 142 cm³/mol. The van der Waals surface area contributed by atoms with E-state index >= 15 is 0 Å². The van der Waals surface area contributed by atoms with E-state index in [9.17, 15) is 0 Å². The molecule has 3 aromatic carbocycles. The second-order valence-corrected chi connectivity index (χ2v) is 8.58. The summed E-state index contributed by atoms with van der Waals surface area (Å²) in [5.74, 6) is 0.569. The molecule has 0 aliphatic rings. The molecular weight excluding hydrogens is 465 g/mol. The Morgan fingerprint density at radius 2 is 1.32 bits per heavy atom. The van der Waals surface area contributed by atoms with Gasteiger partial charge in [0.15, 0.2) is 0 Å². The fourth-order valence-corrected chi connectivity index (χ4v) is 3.99. The summed E-state index contributed by atoms with van der Waals surface area (Å²) in [5.41, 5.74) is 5.56. The number of fused-ring (bicyclic) bond motifs is 1. The first-order chi connectivity index (χ1) is 16.7. The maximum atomic E-state index is 6.10. The molecule has 34 heavy (non-hydrogen) atoms. The van der Waals surface area contributed by atoms with Crippen molar-refractivity contribution in [2.75, 3.05) is 23.7 Å². The minimum Gasteiger partial charge on any atom is -0.383 e. The van der Waals surface area contributed by atoms with Gasteiger partial charge in [0, 0.05) is 51.5 Å². The summed E-state index contributed by atoms with van der Waals surface area (Å²) in [7, 11) is 0. The summed E-state index contributed by atoms with van der Waals surface area (Å²) in [6, 6.07) is 27.4. The van der Waals surface area contributed by atoms with Crippen molar-refractivity contribution in [2.24, 2.45) is 0 Å². The third kappa shape index (κ3) is 5.11. The van der Waals surface area contributed by atoms with Crippen molar-refractivity contribution >= 4 is 45.7 Å². The minimum absolute atomic E-state index is 0.569. The van der Waals surface area contributed by atoms with Gasteiger partial charge in [-0.3, -0.25) is 4.98 Å². The Hall–Kier alpha value is -3.67. The third-order valence-corrected chi connectivity index (χ3v) is 5.85. The molecule has 2 N–H and O–H groups in total. The number of anilines is 2. The molecule has 0 aliphatic heterocycles. The summed E-state index contributed by atoms with van der Waals surface area (Å²) in [6.07, 6.45) is 1.78. The van der Waals surface area contributed by atoms with E-state index < -0.39 is 0 Å². The molecule has 0 unspecified atom stereocenters. The Bertz CT molecular complexity index is 1420. The molecule has 5 aromatic rings. The highest BCUT2D eigenvalue weighted by Crippen LogP contribution is 2.27. The monoisotopic (exact) mass is 485 g/mol. The number of hydrogen-bond acceptors (Lipinski definition) is 5. The molecule has 7 heteroatoms. The van der Waals surface area contributed by atoms with Crippen molar-refractivity contribution in [3.63, 3.8) is 0 Å². The molecular formula is C27H21Cl2N5. The SMILES string of the molecule is Clc1ccc(-c2cc(-c3ccccc3)nc(NCCNc3ccnc4cc(Cl)ccc34)n2)cc1. The maximum Gasteiger partial charge on any atom is 0.223 e. The average Bonchev–Trinajstić information content (AvgIpc) is 2.87. The number of nitrogens with zero attached hydrogens (tertiary/aromatic N) is 3. The zero-order valence-electron chi connectivity index (χ0n) is 18.2. The van der Waals surface area contributed by atoms with Crippen LogP contribution in [0.2, 0.25) is 10.0 Å². The predicted octanol–water partition coefficient (Wildman–Crippen LogP) is 7.19. The molecule has 0 radical (unpaired) electrons. The fraction of sp³-hybridized carbons (Fsp3) is 0.0741. The number of halogens is 2. The molecule has 5 nitrogen and oxygen atoms in total. The second-order valence-electron chi connectivity index (χ2n) is 7.71. The van der Waals surface area contributed by atoms with E-state index in [0.29, 0.717) is 29.1 Å². The summed E-state index contributed by atoms with van der Waals surface area (Å²) >= 11 is 12.2. The van der Waals surface area contributed by atoms with Crippen LogP contribution in [0.1, 0.15) is 0 Å². The molecule has 2 heterocycles. The maximum absolute atomic E-state index is 6.10. The molecule has 0 spiro atoms. The van der Waals surface area contributed by atoms with Gasteiger partial charge >= 0.3 is 0 Å². The first kappa shape index (κ1) is 22.1. The highest BCUT2D eigenvalue weighted by Gasteiger charge is 2.09. The molecule has 0 atom stereocenters. The van der Waals surface area contributed by atoms with Gasteiger partial charge in [0.1, 0.15) is 0 Å². The van der Waals surface area contributed by atoms with Gasteiger partial charge < -0.3 is 10.6 Å². The number of pyridine rings is 1. The highest BCUT2D eigenvalue weighted by atomic mass is 35.5. The van der Waals surface area contributed by atoms with Gasteiger partial charge in [-0.25, -0.2) is 9.97 Å². The van der Waals surface area contributed by atoms with Gasteiger partial charge in [0.2, 0.25) is 5.95 Å². The van der Waals surface area contributed by atoms with Gasteiger partial charge in [0.25, 0.3) is 0 Å². The summed E-state index contributed by atoms with van der Waals surface area (Å²) < 4.78 is 0.